The Labute approximate surface area is 162 Å². The molecular formula is C22H20FN3O2. The minimum Gasteiger partial charge on any atom is -0.366 e. The molecule has 0 radical (unpaired) electrons. The lowest BCUT2D eigenvalue weighted by Gasteiger charge is -2.32. The lowest BCUT2D eigenvalue weighted by Crippen LogP contribution is -2.38. The highest BCUT2D eigenvalue weighted by Crippen LogP contribution is 2.31. The monoisotopic (exact) mass is 377 g/mol. The van der Waals surface area contributed by atoms with E-state index in [0.717, 1.165) is 10.9 Å². The number of carbonyl (C=O) groups excluding carboxylic acids is 2. The van der Waals surface area contributed by atoms with E-state index in [4.69, 9.17) is 10.7 Å². The van der Waals surface area contributed by atoms with E-state index in [9.17, 15) is 14.0 Å². The highest BCUT2D eigenvalue weighted by Gasteiger charge is 2.28. The molecule has 0 spiro atoms. The second-order valence-corrected chi connectivity index (χ2v) is 7.05. The molecule has 6 heteroatoms. The Kier molecular flexibility index (Phi) is 4.77. The first-order valence-corrected chi connectivity index (χ1v) is 9.27. The number of para-hydroxylation sites is 1. The fourth-order valence-corrected chi connectivity index (χ4v) is 3.80. The van der Waals surface area contributed by atoms with Gasteiger partial charge in [0.05, 0.1) is 16.8 Å². The number of pyridine rings is 1. The fraction of sp³-hybridized carbons (Fsp3) is 0.227. The third kappa shape index (κ3) is 3.45. The Morgan fingerprint density at radius 3 is 2.50 bits per heavy atom. The summed E-state index contributed by atoms with van der Waals surface area (Å²) in [6.07, 6.45) is 1.35. The van der Waals surface area contributed by atoms with Gasteiger partial charge < -0.3 is 10.6 Å². The molecule has 28 heavy (non-hydrogen) atoms. The number of halogens is 1. The van der Waals surface area contributed by atoms with E-state index in [0.29, 0.717) is 42.8 Å². The molecule has 1 aliphatic rings. The smallest absolute Gasteiger partial charge is 0.253 e. The number of hydrogen-bond acceptors (Lipinski definition) is 3. The van der Waals surface area contributed by atoms with Gasteiger partial charge in [0.25, 0.3) is 11.8 Å². The van der Waals surface area contributed by atoms with Gasteiger partial charge in [0.15, 0.2) is 0 Å². The lowest BCUT2D eigenvalue weighted by atomic mass is 9.89. The second-order valence-electron chi connectivity index (χ2n) is 7.05. The second kappa shape index (κ2) is 7.38. The van der Waals surface area contributed by atoms with Crippen LogP contribution in [0, 0.1) is 5.82 Å². The Bertz CT molecular complexity index is 1060. The molecule has 2 heterocycles. The molecule has 1 aliphatic heterocycles. The molecular weight excluding hydrogens is 357 g/mol. The summed E-state index contributed by atoms with van der Waals surface area (Å²) in [6.45, 7) is 1.04. The summed E-state index contributed by atoms with van der Waals surface area (Å²) in [5.41, 5.74) is 7.90. The predicted molar refractivity (Wildman–Crippen MR) is 105 cm³/mol. The van der Waals surface area contributed by atoms with Crippen molar-refractivity contribution in [2.24, 2.45) is 5.73 Å². The quantitative estimate of drug-likeness (QED) is 0.759. The topological polar surface area (TPSA) is 76.3 Å². The SMILES string of the molecule is NC(=O)c1cc2ccccc2nc1C1CCN(C(=O)c2cccc(F)c2)CC1. The average Bonchev–Trinajstić information content (AvgIpc) is 2.72. The first-order chi connectivity index (χ1) is 13.5. The molecule has 5 nitrogen and oxygen atoms in total. The molecule has 0 atom stereocenters. The van der Waals surface area contributed by atoms with Crippen LogP contribution in [0.25, 0.3) is 10.9 Å². The van der Waals surface area contributed by atoms with E-state index in [1.807, 2.05) is 24.3 Å². The van der Waals surface area contributed by atoms with Gasteiger partial charge in [0.1, 0.15) is 5.82 Å². The molecule has 1 fully saturated rings. The number of likely N-dealkylation sites (tertiary alicyclic amines) is 1. The van der Waals surface area contributed by atoms with Gasteiger partial charge in [-0.05, 0) is 43.2 Å². The van der Waals surface area contributed by atoms with Gasteiger partial charge in [-0.2, -0.15) is 0 Å². The number of fused-ring (bicyclic) bond motifs is 1. The van der Waals surface area contributed by atoms with Crippen LogP contribution in [0.2, 0.25) is 0 Å². The van der Waals surface area contributed by atoms with Crippen molar-refractivity contribution in [2.45, 2.75) is 18.8 Å². The summed E-state index contributed by atoms with van der Waals surface area (Å²) in [7, 11) is 0. The molecule has 2 aromatic carbocycles. The van der Waals surface area contributed by atoms with Crippen LogP contribution in [0.1, 0.15) is 45.2 Å². The van der Waals surface area contributed by atoms with Crippen molar-refractivity contribution in [2.75, 3.05) is 13.1 Å². The van der Waals surface area contributed by atoms with Crippen molar-refractivity contribution < 1.29 is 14.0 Å². The van der Waals surface area contributed by atoms with Gasteiger partial charge in [0, 0.05) is 30.0 Å². The van der Waals surface area contributed by atoms with E-state index in [1.165, 1.54) is 18.2 Å². The van der Waals surface area contributed by atoms with Gasteiger partial charge in [-0.1, -0.05) is 24.3 Å². The van der Waals surface area contributed by atoms with Crippen LogP contribution in [0.5, 0.6) is 0 Å². The maximum Gasteiger partial charge on any atom is 0.253 e. The summed E-state index contributed by atoms with van der Waals surface area (Å²) < 4.78 is 13.4. The van der Waals surface area contributed by atoms with Crippen molar-refractivity contribution in [1.29, 1.82) is 0 Å². The number of amides is 2. The van der Waals surface area contributed by atoms with Crippen LogP contribution in [0.4, 0.5) is 4.39 Å². The number of primary amides is 1. The van der Waals surface area contributed by atoms with Crippen LogP contribution in [-0.4, -0.2) is 34.8 Å². The van der Waals surface area contributed by atoms with Crippen molar-refractivity contribution in [1.82, 2.24) is 9.88 Å². The molecule has 2 N–H and O–H groups in total. The Hall–Kier alpha value is -3.28. The number of nitrogens with two attached hydrogens (primary N) is 1. The first kappa shape index (κ1) is 18.1. The highest BCUT2D eigenvalue weighted by molar-refractivity contribution is 5.98. The predicted octanol–water partition coefficient (Wildman–Crippen LogP) is 3.49. The number of aromatic nitrogens is 1. The van der Waals surface area contributed by atoms with Crippen LogP contribution >= 0.6 is 0 Å². The van der Waals surface area contributed by atoms with Crippen molar-refractivity contribution in [3.05, 3.63) is 77.2 Å². The third-order valence-electron chi connectivity index (χ3n) is 5.26. The average molecular weight is 377 g/mol. The third-order valence-corrected chi connectivity index (χ3v) is 5.26. The van der Waals surface area contributed by atoms with Gasteiger partial charge in [-0.3, -0.25) is 14.6 Å². The Morgan fingerprint density at radius 1 is 1.04 bits per heavy atom. The summed E-state index contributed by atoms with van der Waals surface area (Å²) >= 11 is 0. The molecule has 4 rings (SSSR count). The maximum absolute atomic E-state index is 13.4. The Balaban J connectivity index is 1.56. The minimum atomic E-state index is -0.494. The zero-order chi connectivity index (χ0) is 19.7. The van der Waals surface area contributed by atoms with E-state index in [1.54, 1.807) is 17.0 Å². The number of piperidine rings is 1. The number of nitrogens with zero attached hydrogens (tertiary/aromatic N) is 2. The molecule has 142 valence electrons. The number of benzene rings is 2. The van der Waals surface area contributed by atoms with Crippen LogP contribution < -0.4 is 5.73 Å². The largest absolute Gasteiger partial charge is 0.366 e. The van der Waals surface area contributed by atoms with E-state index < -0.39 is 11.7 Å². The molecule has 2 amide bonds. The van der Waals surface area contributed by atoms with Crippen molar-refractivity contribution in [3.63, 3.8) is 0 Å². The Morgan fingerprint density at radius 2 is 1.79 bits per heavy atom. The fourth-order valence-electron chi connectivity index (χ4n) is 3.80. The van der Waals surface area contributed by atoms with Crippen LogP contribution in [-0.2, 0) is 0 Å². The zero-order valence-corrected chi connectivity index (χ0v) is 15.3. The minimum absolute atomic E-state index is 0.0451. The summed E-state index contributed by atoms with van der Waals surface area (Å²) in [5, 5.41) is 0.874. The molecule has 0 unspecified atom stereocenters. The van der Waals surface area contributed by atoms with Crippen LogP contribution in [0.15, 0.2) is 54.6 Å². The van der Waals surface area contributed by atoms with Gasteiger partial charge in [-0.15, -0.1) is 0 Å². The summed E-state index contributed by atoms with van der Waals surface area (Å²) in [6, 6.07) is 15.1. The highest BCUT2D eigenvalue weighted by atomic mass is 19.1. The summed E-state index contributed by atoms with van der Waals surface area (Å²) in [5.74, 6) is -1.05. The normalized spacial score (nSPS) is 15.0. The maximum atomic E-state index is 13.4. The van der Waals surface area contributed by atoms with Gasteiger partial charge >= 0.3 is 0 Å². The van der Waals surface area contributed by atoms with Crippen molar-refractivity contribution in [3.8, 4) is 0 Å². The first-order valence-electron chi connectivity index (χ1n) is 9.27. The number of carbonyl (C=O) groups is 2. The van der Waals surface area contributed by atoms with E-state index in [2.05, 4.69) is 0 Å². The molecule has 1 saturated heterocycles. The van der Waals surface area contributed by atoms with Crippen LogP contribution in [0.3, 0.4) is 0 Å². The lowest BCUT2D eigenvalue weighted by molar-refractivity contribution is 0.0710. The molecule has 0 saturated carbocycles. The molecule has 0 aliphatic carbocycles. The zero-order valence-electron chi connectivity index (χ0n) is 15.3. The van der Waals surface area contributed by atoms with Gasteiger partial charge in [0.2, 0.25) is 0 Å². The number of rotatable bonds is 3. The van der Waals surface area contributed by atoms with Gasteiger partial charge in [-0.25, -0.2) is 4.39 Å². The summed E-state index contributed by atoms with van der Waals surface area (Å²) in [4.78, 5) is 31.0. The standard InChI is InChI=1S/C22H20FN3O2/c23-17-6-3-5-16(12-17)22(28)26-10-8-14(9-11-26)20-18(21(24)27)13-15-4-1-2-7-19(15)25-20/h1-7,12-14H,8-11H2,(H2,24,27). The van der Waals surface area contributed by atoms with Crippen molar-refractivity contribution >= 4 is 22.7 Å². The molecule has 1 aromatic heterocycles. The molecule has 3 aromatic rings. The van der Waals surface area contributed by atoms with E-state index >= 15 is 0 Å². The number of hydrogen-bond donors (Lipinski definition) is 1. The molecule has 0 bridgehead atoms. The van der Waals surface area contributed by atoms with E-state index in [-0.39, 0.29) is 11.8 Å².